The van der Waals surface area contributed by atoms with Gasteiger partial charge in [0.2, 0.25) is 34.4 Å². The molecule has 11 aromatic rings. The maximum Gasteiger partial charge on any atom is 0.297 e. The molecule has 9 aromatic carbocycles. The fourth-order valence-corrected chi connectivity index (χ4v) is 14.1. The number of anilines is 8. The topological polar surface area (TPSA) is 542 Å². The number of hydrogen-bond donors (Lipinski definition) is 12. The molecular weight excluding hydrogens is 1400 g/mol. The van der Waals surface area contributed by atoms with E-state index >= 15 is 0 Å². The maximum atomic E-state index is 12.9. The number of nitrogens with zero attached hydrogens (tertiary/aromatic N) is 10. The molecule has 0 unspecified atom stereocenters. The molecule has 0 spiro atoms. The first-order chi connectivity index (χ1) is 44.0. The van der Waals surface area contributed by atoms with Crippen molar-refractivity contribution < 1.29 is 88.0 Å². The van der Waals surface area contributed by atoms with Gasteiger partial charge in [-0.3, -0.25) is 27.3 Å². The Morgan fingerprint density at radius 1 is 0.351 bits per heavy atom. The summed E-state index contributed by atoms with van der Waals surface area (Å²) in [5.74, 6) is -3.35. The third-order valence-corrected chi connectivity index (χ3v) is 19.0. The van der Waals surface area contributed by atoms with E-state index in [-0.39, 0.29) is 50.7 Å². The highest BCUT2D eigenvalue weighted by Crippen LogP contribution is 2.48. The molecule has 482 valence electrons. The Morgan fingerprint density at radius 3 is 1.30 bits per heavy atom. The van der Waals surface area contributed by atoms with E-state index < -0.39 is 163 Å². The normalized spacial score (nSPS) is 12.8. The van der Waals surface area contributed by atoms with Crippen molar-refractivity contribution >= 4 is 196 Å². The van der Waals surface area contributed by atoms with Gasteiger partial charge in [0.1, 0.15) is 47.2 Å². The van der Waals surface area contributed by atoms with Crippen LogP contribution in [0.25, 0.3) is 43.1 Å². The third-order valence-electron chi connectivity index (χ3n) is 13.3. The minimum Gasteiger partial charge on any atom is -0.505 e. The van der Waals surface area contributed by atoms with Crippen LogP contribution in [-0.4, -0.2) is 118 Å². The molecule has 0 fully saturated rings. The lowest BCUT2D eigenvalue weighted by atomic mass is 10.1. The largest absolute Gasteiger partial charge is 0.505 e. The number of azo groups is 2. The summed E-state index contributed by atoms with van der Waals surface area (Å²) in [4.78, 5) is 19.0. The Hall–Kier alpha value is -9.92. The van der Waals surface area contributed by atoms with Crippen LogP contribution in [0, 0.1) is 0 Å². The van der Waals surface area contributed by atoms with Gasteiger partial charge in [-0.05, 0) is 112 Å². The zero-order chi connectivity index (χ0) is 67.8. The Labute approximate surface area is 537 Å². The highest BCUT2D eigenvalue weighted by Gasteiger charge is 2.30. The standard InChI is InChI=1S/C52H34Cl2N14O20S6/c53-47-59-49(63-51(61-47)57-32-9-3-6-24-20-37(91(77,78)79)41(43(69)39(24)32)67-65-33-17-11-23-5-1-2-7-29(23)45(33)93(83,84)85)55-26-12-14-27(15-13-26)56-50-60-48(54)62-52(64-50)58-35-22-28(89(71,72)73)19-25-21-38(92(80,81)82)42(44(70)40(25)35)68-66-34-18-16-30-31(46(34)94(86,87)88)8-4-10-36(30)90(74,75)76/h1-22,69-70H,(H,71,72,73)(H,74,75,76)(H,77,78,79)(H,80,81,82)(H,83,84,85)(H,86,87,88)(H2,55,57,59,61,63)(H2,56,58,60,62,64). The van der Waals surface area contributed by atoms with E-state index in [9.17, 15) is 88.0 Å². The Kier molecular flexibility index (Phi) is 16.9. The first kappa shape index (κ1) is 65.6. The second-order valence-corrected chi connectivity index (χ2v) is 28.3. The number of nitrogens with one attached hydrogen (secondary N) is 4. The van der Waals surface area contributed by atoms with Crippen LogP contribution in [0.5, 0.6) is 11.5 Å². The van der Waals surface area contributed by atoms with Gasteiger partial charge in [0.05, 0.1) is 16.3 Å². The molecule has 11 rings (SSSR count). The second kappa shape index (κ2) is 24.2. The average Bonchev–Trinajstić information content (AvgIpc) is 0.789. The van der Waals surface area contributed by atoms with Crippen molar-refractivity contribution in [1.29, 1.82) is 0 Å². The van der Waals surface area contributed by atoms with Crippen LogP contribution < -0.4 is 21.3 Å². The van der Waals surface area contributed by atoms with Crippen LogP contribution in [-0.2, 0) is 60.7 Å². The number of rotatable bonds is 18. The van der Waals surface area contributed by atoms with Gasteiger partial charge in [0, 0.05) is 38.3 Å². The number of aromatic nitrogens is 6. The number of phenols is 2. The summed E-state index contributed by atoms with van der Waals surface area (Å²) in [6.45, 7) is 0. The highest BCUT2D eigenvalue weighted by molar-refractivity contribution is 7.87. The summed E-state index contributed by atoms with van der Waals surface area (Å²) in [6, 6.07) is 26.5. The fourth-order valence-electron chi connectivity index (χ4n) is 9.51. The predicted octanol–water partition coefficient (Wildman–Crippen LogP) is 10.7. The van der Waals surface area contributed by atoms with Crippen LogP contribution in [0.1, 0.15) is 0 Å². The van der Waals surface area contributed by atoms with E-state index in [1.165, 1.54) is 66.7 Å². The summed E-state index contributed by atoms with van der Waals surface area (Å²) in [5, 5.41) is 47.3. The van der Waals surface area contributed by atoms with Gasteiger partial charge in [-0.25, -0.2) is 0 Å². The second-order valence-electron chi connectivity index (χ2n) is 19.3. The van der Waals surface area contributed by atoms with Crippen LogP contribution in [0.2, 0.25) is 10.6 Å². The van der Waals surface area contributed by atoms with Crippen molar-refractivity contribution in [2.75, 3.05) is 21.3 Å². The molecule has 0 saturated heterocycles. The maximum absolute atomic E-state index is 12.9. The molecule has 0 bridgehead atoms. The highest BCUT2D eigenvalue weighted by atomic mass is 35.5. The van der Waals surface area contributed by atoms with Gasteiger partial charge in [-0.1, -0.05) is 60.7 Å². The lowest BCUT2D eigenvalue weighted by molar-refractivity contribution is 0.471. The van der Waals surface area contributed by atoms with Gasteiger partial charge in [0.15, 0.2) is 11.5 Å². The summed E-state index contributed by atoms with van der Waals surface area (Å²) in [7, 11) is -31.2. The van der Waals surface area contributed by atoms with Crippen molar-refractivity contribution in [1.82, 2.24) is 29.9 Å². The van der Waals surface area contributed by atoms with Crippen molar-refractivity contribution in [3.63, 3.8) is 0 Å². The molecule has 0 aliphatic carbocycles. The third kappa shape index (κ3) is 13.6. The first-order valence-corrected chi connectivity index (χ1v) is 34.8. The smallest absolute Gasteiger partial charge is 0.297 e. The molecule has 0 atom stereocenters. The van der Waals surface area contributed by atoms with Crippen molar-refractivity contribution in [2.24, 2.45) is 20.5 Å². The molecule has 2 heterocycles. The van der Waals surface area contributed by atoms with Crippen molar-refractivity contribution in [3.8, 4) is 11.5 Å². The fraction of sp³-hybridized carbons (Fsp3) is 0. The number of fused-ring (bicyclic) bond motifs is 4. The SMILES string of the molecule is O=S(=O)(O)c1cc(Nc2nc(Cl)nc(Nc3ccc(Nc4nc(Cl)nc(Nc5cccc6cc(S(=O)(=O)O)c(N=Nc7ccc8ccccc8c7S(=O)(=O)O)c(O)c56)n4)cc3)n2)c2c(O)c(N=Nc3ccc4c(S(=O)(=O)O)cccc4c3S(=O)(=O)O)c(S(=O)(=O)O)cc2c1. The zero-order valence-corrected chi connectivity index (χ0v) is 52.3. The van der Waals surface area contributed by atoms with E-state index in [0.29, 0.717) is 23.2 Å². The molecule has 34 nitrogen and oxygen atoms in total. The van der Waals surface area contributed by atoms with E-state index in [1.807, 2.05) is 0 Å². The van der Waals surface area contributed by atoms with Gasteiger partial charge in [-0.15, -0.1) is 20.5 Å². The van der Waals surface area contributed by atoms with E-state index in [4.69, 9.17) is 23.2 Å². The lowest BCUT2D eigenvalue weighted by Crippen LogP contribution is -2.06. The molecule has 0 aliphatic heterocycles. The minimum absolute atomic E-state index is 0.00245. The lowest BCUT2D eigenvalue weighted by Gasteiger charge is -2.15. The van der Waals surface area contributed by atoms with E-state index in [0.717, 1.165) is 42.5 Å². The van der Waals surface area contributed by atoms with Crippen LogP contribution >= 0.6 is 23.2 Å². The number of benzene rings is 9. The molecule has 2 aromatic heterocycles. The summed E-state index contributed by atoms with van der Waals surface area (Å²) >= 11 is 12.6. The van der Waals surface area contributed by atoms with Crippen molar-refractivity contribution in [3.05, 3.63) is 144 Å². The molecule has 12 N–H and O–H groups in total. The molecular formula is C52H34Cl2N14O20S6. The number of aromatic hydroxyl groups is 2. The molecule has 42 heteroatoms. The molecule has 0 saturated carbocycles. The van der Waals surface area contributed by atoms with Crippen LogP contribution in [0.4, 0.5) is 69.3 Å². The monoisotopic (exact) mass is 1440 g/mol. The van der Waals surface area contributed by atoms with Gasteiger partial charge in [0.25, 0.3) is 60.7 Å². The van der Waals surface area contributed by atoms with Gasteiger partial charge in [-0.2, -0.15) is 80.4 Å². The first-order valence-electron chi connectivity index (χ1n) is 25.4. The van der Waals surface area contributed by atoms with Crippen LogP contribution in [0.3, 0.4) is 0 Å². The zero-order valence-electron chi connectivity index (χ0n) is 45.9. The number of phenolic OH excluding ortho intramolecular Hbond substituents is 2. The predicted molar refractivity (Wildman–Crippen MR) is 336 cm³/mol. The van der Waals surface area contributed by atoms with Crippen LogP contribution in [0.15, 0.2) is 183 Å². The number of halogens is 2. The minimum atomic E-state index is -5.50. The Bertz CT molecular complexity index is 5890. The van der Waals surface area contributed by atoms with Crippen molar-refractivity contribution in [2.45, 2.75) is 29.4 Å². The van der Waals surface area contributed by atoms with Gasteiger partial charge >= 0.3 is 0 Å². The quantitative estimate of drug-likeness (QED) is 0.0280. The molecule has 94 heavy (non-hydrogen) atoms. The summed E-state index contributed by atoms with van der Waals surface area (Å²) in [5.41, 5.74) is -3.22. The molecule has 0 radical (unpaired) electrons. The van der Waals surface area contributed by atoms with Gasteiger partial charge < -0.3 is 31.5 Å². The van der Waals surface area contributed by atoms with E-state index in [2.05, 4.69) is 71.6 Å². The summed E-state index contributed by atoms with van der Waals surface area (Å²) in [6.07, 6.45) is 0. The van der Waals surface area contributed by atoms with E-state index in [1.54, 1.807) is 12.1 Å². The summed E-state index contributed by atoms with van der Waals surface area (Å²) < 4.78 is 212. The molecule has 0 amide bonds. The number of hydrogen-bond acceptors (Lipinski definition) is 28. The Balaban J connectivity index is 0.871. The Morgan fingerprint density at radius 2 is 0.787 bits per heavy atom. The average molecular weight is 1440 g/mol. The molecule has 0 aliphatic rings.